The monoisotopic (exact) mass is 398 g/mol. The van der Waals surface area contributed by atoms with Crippen molar-refractivity contribution < 1.29 is 9.53 Å². The molecule has 4 nitrogen and oxygen atoms in total. The van der Waals surface area contributed by atoms with E-state index in [1.54, 1.807) is 16.2 Å². The van der Waals surface area contributed by atoms with Gasteiger partial charge in [-0.25, -0.2) is 4.98 Å². The summed E-state index contributed by atoms with van der Waals surface area (Å²) in [5.74, 6) is 0.624. The van der Waals surface area contributed by atoms with Crippen LogP contribution in [0, 0.1) is 0 Å². The highest BCUT2D eigenvalue weighted by atomic mass is 35.5. The Morgan fingerprint density at radius 3 is 2.93 bits per heavy atom. The minimum Gasteiger partial charge on any atom is -0.482 e. The van der Waals surface area contributed by atoms with Crippen LogP contribution in [-0.2, 0) is 17.8 Å². The van der Waals surface area contributed by atoms with Crippen molar-refractivity contribution in [3.8, 4) is 17.0 Å². The van der Waals surface area contributed by atoms with Gasteiger partial charge in [0.05, 0.1) is 22.9 Å². The quantitative estimate of drug-likeness (QED) is 0.582. The molecule has 4 rings (SSSR count). The zero-order valence-electron chi connectivity index (χ0n) is 14.9. The number of fused-ring (bicyclic) bond motifs is 1. The van der Waals surface area contributed by atoms with E-state index in [4.69, 9.17) is 21.3 Å². The molecule has 3 aromatic rings. The molecule has 0 N–H and O–H groups in total. The van der Waals surface area contributed by atoms with Gasteiger partial charge >= 0.3 is 0 Å². The summed E-state index contributed by atoms with van der Waals surface area (Å²) in [6.45, 7) is 2.60. The fraction of sp³-hybridized carbons (Fsp3) is 0.238. The van der Waals surface area contributed by atoms with Crippen molar-refractivity contribution in [2.45, 2.75) is 26.3 Å². The number of anilines is 1. The van der Waals surface area contributed by atoms with Crippen LogP contribution in [0.5, 0.6) is 5.75 Å². The van der Waals surface area contributed by atoms with Crippen molar-refractivity contribution in [2.75, 3.05) is 11.5 Å². The summed E-state index contributed by atoms with van der Waals surface area (Å²) in [7, 11) is 0. The number of rotatable bonds is 5. The van der Waals surface area contributed by atoms with E-state index in [1.807, 2.05) is 42.5 Å². The standard InChI is InChI=1S/C21H19ClN2O2S/c1-2-5-20-23-17(13-27-20)14-8-9-19-18(10-14)24(21(25)12-26-19)11-15-6-3-4-7-16(15)22/h3-4,6-10,13H,2,5,11-12H2,1H3. The summed E-state index contributed by atoms with van der Waals surface area (Å²) < 4.78 is 5.63. The molecule has 0 fully saturated rings. The normalized spacial score (nSPS) is 13.4. The van der Waals surface area contributed by atoms with Gasteiger partial charge in [0.2, 0.25) is 0 Å². The second-order valence-electron chi connectivity index (χ2n) is 6.42. The molecule has 0 saturated heterocycles. The van der Waals surface area contributed by atoms with Crippen LogP contribution in [0.1, 0.15) is 23.9 Å². The maximum Gasteiger partial charge on any atom is 0.265 e. The molecule has 1 aromatic heterocycles. The molecule has 0 unspecified atom stereocenters. The van der Waals surface area contributed by atoms with E-state index in [9.17, 15) is 4.79 Å². The Kier molecular flexibility index (Phi) is 5.14. The van der Waals surface area contributed by atoms with E-state index in [0.717, 1.165) is 40.4 Å². The highest BCUT2D eigenvalue weighted by Gasteiger charge is 2.27. The van der Waals surface area contributed by atoms with Gasteiger partial charge in [-0.3, -0.25) is 4.79 Å². The molecule has 1 aliphatic heterocycles. The molecular formula is C21H19ClN2O2S. The van der Waals surface area contributed by atoms with Crippen LogP contribution in [-0.4, -0.2) is 17.5 Å². The molecule has 2 aromatic carbocycles. The van der Waals surface area contributed by atoms with E-state index < -0.39 is 0 Å². The van der Waals surface area contributed by atoms with Crippen molar-refractivity contribution >= 4 is 34.5 Å². The Morgan fingerprint density at radius 2 is 2.11 bits per heavy atom. The number of amides is 1. The lowest BCUT2D eigenvalue weighted by molar-refractivity contribution is -0.121. The van der Waals surface area contributed by atoms with E-state index >= 15 is 0 Å². The Balaban J connectivity index is 1.69. The summed E-state index contributed by atoms with van der Waals surface area (Å²) in [5.41, 5.74) is 3.58. The predicted octanol–water partition coefficient (Wildman–Crippen LogP) is 5.34. The first-order chi connectivity index (χ1) is 13.2. The molecular weight excluding hydrogens is 380 g/mol. The van der Waals surface area contributed by atoms with Crippen LogP contribution in [0.25, 0.3) is 11.3 Å². The number of thiazole rings is 1. The summed E-state index contributed by atoms with van der Waals surface area (Å²) >= 11 is 7.97. The van der Waals surface area contributed by atoms with Crippen molar-refractivity contribution in [3.05, 3.63) is 63.4 Å². The maximum atomic E-state index is 12.6. The first-order valence-corrected chi connectivity index (χ1v) is 10.2. The lowest BCUT2D eigenvalue weighted by Crippen LogP contribution is -2.38. The molecule has 1 amide bonds. The number of carbonyl (C=O) groups excluding carboxylic acids is 1. The number of hydrogen-bond acceptors (Lipinski definition) is 4. The van der Waals surface area contributed by atoms with Gasteiger partial charge in [-0.2, -0.15) is 0 Å². The number of nitrogens with zero attached hydrogens (tertiary/aromatic N) is 2. The largest absolute Gasteiger partial charge is 0.482 e. The van der Waals surface area contributed by atoms with E-state index in [0.29, 0.717) is 17.3 Å². The molecule has 27 heavy (non-hydrogen) atoms. The molecule has 0 radical (unpaired) electrons. The average molecular weight is 399 g/mol. The Hall–Kier alpha value is -2.37. The first-order valence-electron chi connectivity index (χ1n) is 8.91. The first kappa shape index (κ1) is 18.0. The predicted molar refractivity (Wildman–Crippen MR) is 110 cm³/mol. The number of benzene rings is 2. The smallest absolute Gasteiger partial charge is 0.265 e. The van der Waals surface area contributed by atoms with Gasteiger partial charge in [0.15, 0.2) is 6.61 Å². The maximum absolute atomic E-state index is 12.6. The molecule has 0 aliphatic carbocycles. The number of carbonyl (C=O) groups is 1. The van der Waals surface area contributed by atoms with Gasteiger partial charge in [0, 0.05) is 16.0 Å². The third-order valence-electron chi connectivity index (χ3n) is 4.50. The zero-order chi connectivity index (χ0) is 18.8. The molecule has 0 bridgehead atoms. The average Bonchev–Trinajstić information content (AvgIpc) is 3.14. The highest BCUT2D eigenvalue weighted by Crippen LogP contribution is 2.37. The van der Waals surface area contributed by atoms with Gasteiger partial charge in [-0.15, -0.1) is 11.3 Å². The second-order valence-corrected chi connectivity index (χ2v) is 7.77. The van der Waals surface area contributed by atoms with E-state index in [2.05, 4.69) is 12.3 Å². The highest BCUT2D eigenvalue weighted by molar-refractivity contribution is 7.09. The SMILES string of the molecule is CCCc1nc(-c2ccc3c(c2)N(Cc2ccccc2Cl)C(=O)CO3)cs1. The Labute approximate surface area is 167 Å². The molecule has 0 spiro atoms. The zero-order valence-corrected chi connectivity index (χ0v) is 16.5. The molecule has 0 atom stereocenters. The van der Waals surface area contributed by atoms with E-state index in [-0.39, 0.29) is 12.5 Å². The second kappa shape index (κ2) is 7.71. The van der Waals surface area contributed by atoms with Gasteiger partial charge in [0.25, 0.3) is 5.91 Å². The van der Waals surface area contributed by atoms with Crippen LogP contribution in [0.2, 0.25) is 5.02 Å². The van der Waals surface area contributed by atoms with Crippen LogP contribution < -0.4 is 9.64 Å². The molecule has 138 valence electrons. The molecule has 0 saturated carbocycles. The van der Waals surface area contributed by atoms with Gasteiger partial charge < -0.3 is 9.64 Å². The van der Waals surface area contributed by atoms with Crippen molar-refractivity contribution in [3.63, 3.8) is 0 Å². The fourth-order valence-electron chi connectivity index (χ4n) is 3.10. The fourth-order valence-corrected chi connectivity index (χ4v) is 4.21. The lowest BCUT2D eigenvalue weighted by atomic mass is 10.1. The molecule has 2 heterocycles. The van der Waals surface area contributed by atoms with Crippen LogP contribution in [0.4, 0.5) is 5.69 Å². The number of aromatic nitrogens is 1. The van der Waals surface area contributed by atoms with E-state index in [1.165, 1.54) is 0 Å². The van der Waals surface area contributed by atoms with Crippen LogP contribution >= 0.6 is 22.9 Å². The lowest BCUT2D eigenvalue weighted by Gasteiger charge is -2.30. The number of halogens is 1. The number of aryl methyl sites for hydroxylation is 1. The summed E-state index contributed by atoms with van der Waals surface area (Å²) in [5, 5.41) is 3.85. The minimum atomic E-state index is -0.0791. The topological polar surface area (TPSA) is 42.4 Å². The number of hydrogen-bond donors (Lipinski definition) is 0. The third-order valence-corrected chi connectivity index (χ3v) is 5.78. The minimum absolute atomic E-state index is 0.0359. The van der Waals surface area contributed by atoms with Crippen molar-refractivity contribution in [1.29, 1.82) is 0 Å². The number of ether oxygens (including phenoxy) is 1. The summed E-state index contributed by atoms with van der Waals surface area (Å²) in [4.78, 5) is 19.0. The summed E-state index contributed by atoms with van der Waals surface area (Å²) in [6, 6.07) is 13.5. The van der Waals surface area contributed by atoms with Crippen LogP contribution in [0.15, 0.2) is 47.8 Å². The van der Waals surface area contributed by atoms with Gasteiger partial charge in [-0.05, 0) is 42.7 Å². The van der Waals surface area contributed by atoms with Crippen LogP contribution in [0.3, 0.4) is 0 Å². The molecule has 1 aliphatic rings. The van der Waals surface area contributed by atoms with Crippen molar-refractivity contribution in [1.82, 2.24) is 4.98 Å². The molecule has 6 heteroatoms. The Bertz CT molecular complexity index is 986. The third kappa shape index (κ3) is 3.70. The van der Waals surface area contributed by atoms with Gasteiger partial charge in [-0.1, -0.05) is 36.7 Å². The van der Waals surface area contributed by atoms with Gasteiger partial charge in [0.1, 0.15) is 5.75 Å². The summed E-state index contributed by atoms with van der Waals surface area (Å²) in [6.07, 6.45) is 2.06. The Morgan fingerprint density at radius 1 is 1.26 bits per heavy atom. The van der Waals surface area contributed by atoms with Crippen molar-refractivity contribution in [2.24, 2.45) is 0 Å².